The average molecular weight is 440 g/mol. The summed E-state index contributed by atoms with van der Waals surface area (Å²) in [5.41, 5.74) is 2.08. The summed E-state index contributed by atoms with van der Waals surface area (Å²) in [7, 11) is 0. The van der Waals surface area contributed by atoms with Crippen molar-refractivity contribution in [3.05, 3.63) is 46.8 Å². The van der Waals surface area contributed by atoms with Crippen molar-refractivity contribution in [3.8, 4) is 5.75 Å². The van der Waals surface area contributed by atoms with Gasteiger partial charge < -0.3 is 18.9 Å². The van der Waals surface area contributed by atoms with Gasteiger partial charge in [0.2, 0.25) is 11.8 Å². The number of piperidine rings is 1. The van der Waals surface area contributed by atoms with Crippen LogP contribution in [0.1, 0.15) is 40.2 Å². The van der Waals surface area contributed by atoms with Crippen LogP contribution in [0.4, 0.5) is 0 Å². The van der Waals surface area contributed by atoms with E-state index in [0.717, 1.165) is 37.6 Å². The number of hydrogen-bond donors (Lipinski definition) is 1. The van der Waals surface area contributed by atoms with Crippen LogP contribution in [0.5, 0.6) is 5.75 Å². The number of rotatable bonds is 6. The standard InChI is InChI=1S/C22H24N4O6/c27-20-5-4-18(21(28)23-20)26-12-17-16(22(26)29)2-1-3-19(17)31-13-15-10-14(24-32-15)11-25-6-8-30-9-7-25/h1-3,10,18H,4-9,11-13H2,(H,23,27,28). The van der Waals surface area contributed by atoms with Gasteiger partial charge in [0.05, 0.1) is 25.5 Å². The molecule has 168 valence electrons. The van der Waals surface area contributed by atoms with Crippen molar-refractivity contribution >= 4 is 17.7 Å². The fraction of sp³-hybridized carbons (Fsp3) is 0.455. The number of carbonyl (C=O) groups excluding carboxylic acids is 3. The SMILES string of the molecule is O=C1CCC(N2Cc3c(OCc4cc(CN5CCOCC5)no4)cccc3C2=O)C(=O)N1. The Bertz CT molecular complexity index is 1040. The van der Waals surface area contributed by atoms with Gasteiger partial charge in [-0.1, -0.05) is 11.2 Å². The number of amides is 3. The molecule has 2 aromatic rings. The number of imide groups is 1. The van der Waals surface area contributed by atoms with E-state index in [1.54, 1.807) is 18.2 Å². The van der Waals surface area contributed by atoms with Gasteiger partial charge in [-0.2, -0.15) is 0 Å². The monoisotopic (exact) mass is 440 g/mol. The number of benzene rings is 1. The summed E-state index contributed by atoms with van der Waals surface area (Å²) in [6, 6.07) is 6.50. The Balaban J connectivity index is 1.24. The number of carbonyl (C=O) groups is 3. The molecule has 1 aromatic carbocycles. The number of fused-ring (bicyclic) bond motifs is 1. The van der Waals surface area contributed by atoms with Crippen LogP contribution in [-0.4, -0.2) is 65.0 Å². The van der Waals surface area contributed by atoms with E-state index in [0.29, 0.717) is 30.0 Å². The second-order valence-corrected chi connectivity index (χ2v) is 8.14. The molecule has 1 atom stereocenters. The number of aromatic nitrogens is 1. The van der Waals surface area contributed by atoms with E-state index in [1.807, 2.05) is 6.07 Å². The van der Waals surface area contributed by atoms with Crippen molar-refractivity contribution in [1.82, 2.24) is 20.3 Å². The van der Waals surface area contributed by atoms with Crippen LogP contribution in [0.2, 0.25) is 0 Å². The minimum atomic E-state index is -0.655. The van der Waals surface area contributed by atoms with Gasteiger partial charge >= 0.3 is 0 Å². The Morgan fingerprint density at radius 2 is 2.03 bits per heavy atom. The Morgan fingerprint density at radius 1 is 1.19 bits per heavy atom. The van der Waals surface area contributed by atoms with Gasteiger partial charge in [-0.25, -0.2) is 0 Å². The van der Waals surface area contributed by atoms with E-state index in [4.69, 9.17) is 14.0 Å². The van der Waals surface area contributed by atoms with Gasteiger partial charge in [-0.15, -0.1) is 0 Å². The lowest BCUT2D eigenvalue weighted by atomic mass is 10.0. The summed E-state index contributed by atoms with van der Waals surface area (Å²) in [6.45, 7) is 4.32. The van der Waals surface area contributed by atoms with Crippen molar-refractivity contribution in [2.45, 2.75) is 38.6 Å². The van der Waals surface area contributed by atoms with Crippen LogP contribution in [-0.2, 0) is 34.0 Å². The molecule has 1 unspecified atom stereocenters. The van der Waals surface area contributed by atoms with Crippen molar-refractivity contribution in [2.24, 2.45) is 0 Å². The summed E-state index contributed by atoms with van der Waals surface area (Å²) >= 11 is 0. The first kappa shape index (κ1) is 20.7. The smallest absolute Gasteiger partial charge is 0.255 e. The average Bonchev–Trinajstić information content (AvgIpc) is 3.38. The van der Waals surface area contributed by atoms with Gasteiger partial charge in [0.1, 0.15) is 18.4 Å². The van der Waals surface area contributed by atoms with E-state index in [9.17, 15) is 14.4 Å². The third kappa shape index (κ3) is 4.11. The molecule has 0 spiro atoms. The molecular weight excluding hydrogens is 416 g/mol. The second kappa shape index (κ2) is 8.71. The van der Waals surface area contributed by atoms with E-state index in [2.05, 4.69) is 15.4 Å². The Morgan fingerprint density at radius 3 is 2.84 bits per heavy atom. The number of nitrogens with zero attached hydrogens (tertiary/aromatic N) is 3. The molecule has 0 saturated carbocycles. The first-order chi connectivity index (χ1) is 15.6. The molecule has 10 nitrogen and oxygen atoms in total. The molecule has 4 heterocycles. The fourth-order valence-electron chi connectivity index (χ4n) is 4.33. The van der Waals surface area contributed by atoms with Crippen LogP contribution in [0.25, 0.3) is 0 Å². The molecular formula is C22H24N4O6. The van der Waals surface area contributed by atoms with Crippen molar-refractivity contribution in [3.63, 3.8) is 0 Å². The molecule has 32 heavy (non-hydrogen) atoms. The summed E-state index contributed by atoms with van der Waals surface area (Å²) in [6.07, 6.45) is 0.544. The van der Waals surface area contributed by atoms with E-state index in [1.165, 1.54) is 4.90 Å². The van der Waals surface area contributed by atoms with Crippen LogP contribution in [0, 0.1) is 0 Å². The van der Waals surface area contributed by atoms with Crippen LogP contribution < -0.4 is 10.1 Å². The predicted octanol–water partition coefficient (Wildman–Crippen LogP) is 0.847. The van der Waals surface area contributed by atoms with Crippen molar-refractivity contribution < 1.29 is 28.4 Å². The van der Waals surface area contributed by atoms with Gasteiger partial charge in [0.15, 0.2) is 5.76 Å². The molecule has 0 aliphatic carbocycles. The zero-order valence-electron chi connectivity index (χ0n) is 17.5. The maximum atomic E-state index is 12.9. The molecule has 2 fully saturated rings. The van der Waals surface area contributed by atoms with E-state index in [-0.39, 0.29) is 31.4 Å². The molecule has 1 N–H and O–H groups in total. The lowest BCUT2D eigenvalue weighted by Crippen LogP contribution is -2.52. The highest BCUT2D eigenvalue weighted by Gasteiger charge is 2.40. The number of nitrogens with one attached hydrogen (secondary N) is 1. The zero-order valence-corrected chi connectivity index (χ0v) is 17.5. The van der Waals surface area contributed by atoms with Gasteiger partial charge in [-0.3, -0.25) is 24.6 Å². The quantitative estimate of drug-likeness (QED) is 0.658. The number of ether oxygens (including phenoxy) is 2. The summed E-state index contributed by atoms with van der Waals surface area (Å²) in [5, 5.41) is 6.44. The fourth-order valence-corrected chi connectivity index (χ4v) is 4.33. The van der Waals surface area contributed by atoms with Crippen molar-refractivity contribution in [1.29, 1.82) is 0 Å². The molecule has 3 aliphatic heterocycles. The molecule has 10 heteroatoms. The molecule has 1 aromatic heterocycles. The second-order valence-electron chi connectivity index (χ2n) is 8.14. The van der Waals surface area contributed by atoms with Gasteiger partial charge in [-0.05, 0) is 18.6 Å². The van der Waals surface area contributed by atoms with Gasteiger partial charge in [0, 0.05) is 43.2 Å². The largest absolute Gasteiger partial charge is 0.485 e. The first-order valence-electron chi connectivity index (χ1n) is 10.7. The summed E-state index contributed by atoms with van der Waals surface area (Å²) in [5.74, 6) is 0.195. The molecule has 5 rings (SSSR count). The minimum absolute atomic E-state index is 0.180. The Kier molecular flexibility index (Phi) is 5.62. The van der Waals surface area contributed by atoms with Crippen LogP contribution in [0.3, 0.4) is 0 Å². The topological polar surface area (TPSA) is 114 Å². The lowest BCUT2D eigenvalue weighted by Gasteiger charge is -2.29. The Hall–Kier alpha value is -3.24. The lowest BCUT2D eigenvalue weighted by molar-refractivity contribution is -0.136. The predicted molar refractivity (Wildman–Crippen MR) is 109 cm³/mol. The van der Waals surface area contributed by atoms with Gasteiger partial charge in [0.25, 0.3) is 5.91 Å². The Labute approximate surface area is 184 Å². The number of morpholine rings is 1. The molecule has 3 amide bonds. The van der Waals surface area contributed by atoms with Crippen molar-refractivity contribution in [2.75, 3.05) is 26.3 Å². The molecule has 3 aliphatic rings. The molecule has 0 bridgehead atoms. The third-order valence-electron chi connectivity index (χ3n) is 6.01. The summed E-state index contributed by atoms with van der Waals surface area (Å²) in [4.78, 5) is 40.4. The van der Waals surface area contributed by atoms with E-state index < -0.39 is 11.9 Å². The minimum Gasteiger partial charge on any atom is -0.485 e. The van der Waals surface area contributed by atoms with Crippen LogP contribution in [0.15, 0.2) is 28.8 Å². The highest BCUT2D eigenvalue weighted by Crippen LogP contribution is 2.34. The van der Waals surface area contributed by atoms with E-state index >= 15 is 0 Å². The highest BCUT2D eigenvalue weighted by molar-refractivity contribution is 6.05. The molecule has 0 radical (unpaired) electrons. The normalized spacial score (nSPS) is 21.6. The number of hydrogen-bond acceptors (Lipinski definition) is 8. The zero-order chi connectivity index (χ0) is 22.1. The molecule has 2 saturated heterocycles. The third-order valence-corrected chi connectivity index (χ3v) is 6.01. The highest BCUT2D eigenvalue weighted by atomic mass is 16.5. The summed E-state index contributed by atoms with van der Waals surface area (Å²) < 4.78 is 16.7. The van der Waals surface area contributed by atoms with Crippen LogP contribution >= 0.6 is 0 Å². The first-order valence-corrected chi connectivity index (χ1v) is 10.7. The maximum absolute atomic E-state index is 12.9. The maximum Gasteiger partial charge on any atom is 0.255 e.